The highest BCUT2D eigenvalue weighted by molar-refractivity contribution is 8.00. The zero-order valence-electron chi connectivity index (χ0n) is 17.6. The van der Waals surface area contributed by atoms with Crippen molar-refractivity contribution in [3.05, 3.63) is 66.2 Å². The first-order chi connectivity index (χ1) is 14.7. The quantitative estimate of drug-likeness (QED) is 0.393. The molecule has 0 fully saturated rings. The number of methoxy groups -OCH3 is 1. The van der Waals surface area contributed by atoms with Crippen LogP contribution in [0.4, 0.5) is 13.2 Å². The molecule has 31 heavy (non-hydrogen) atoms. The number of aliphatic hydroxyl groups is 1. The molecule has 0 saturated heterocycles. The van der Waals surface area contributed by atoms with Gasteiger partial charge in [0.1, 0.15) is 6.10 Å². The van der Waals surface area contributed by atoms with Gasteiger partial charge in [-0.2, -0.15) is 13.2 Å². The summed E-state index contributed by atoms with van der Waals surface area (Å²) in [5.41, 5.74) is -3.63. The molecule has 4 atom stereocenters. The van der Waals surface area contributed by atoms with Crippen LogP contribution in [0, 0.1) is 5.92 Å². The summed E-state index contributed by atoms with van der Waals surface area (Å²) in [6.45, 7) is 3.15. The number of thioether (sulfide) groups is 1. The highest BCUT2D eigenvalue weighted by Crippen LogP contribution is 2.44. The van der Waals surface area contributed by atoms with Crippen LogP contribution >= 0.6 is 11.8 Å². The Labute approximate surface area is 184 Å². The van der Waals surface area contributed by atoms with Gasteiger partial charge in [0.05, 0.1) is 0 Å². The molecule has 0 amide bonds. The van der Waals surface area contributed by atoms with Gasteiger partial charge in [-0.25, -0.2) is 4.79 Å². The van der Waals surface area contributed by atoms with E-state index in [1.54, 1.807) is 13.0 Å². The topological polar surface area (TPSA) is 55.8 Å². The number of halogens is 3. The summed E-state index contributed by atoms with van der Waals surface area (Å²) < 4.78 is 52.9. The maximum absolute atomic E-state index is 14.2. The average Bonchev–Trinajstić information content (AvgIpc) is 2.77. The van der Waals surface area contributed by atoms with Crippen LogP contribution in [0.2, 0.25) is 0 Å². The monoisotopic (exact) mass is 456 g/mol. The number of carbonyl (C=O) groups excluding carboxylic acids is 1. The Balaban J connectivity index is 2.42. The second kappa shape index (κ2) is 11.0. The Morgan fingerprint density at radius 3 is 2.06 bits per heavy atom. The van der Waals surface area contributed by atoms with Crippen molar-refractivity contribution in [2.24, 2.45) is 5.92 Å². The Morgan fingerprint density at radius 1 is 1.06 bits per heavy atom. The molecule has 170 valence electrons. The Hall–Kier alpha value is -2.03. The van der Waals surface area contributed by atoms with E-state index < -0.39 is 29.8 Å². The fourth-order valence-corrected chi connectivity index (χ4v) is 4.60. The van der Waals surface area contributed by atoms with Crippen LogP contribution < -0.4 is 0 Å². The molecular weight excluding hydrogens is 429 g/mol. The number of hydrogen-bond acceptors (Lipinski definition) is 5. The highest BCUT2D eigenvalue weighted by atomic mass is 32.2. The highest BCUT2D eigenvalue weighted by Gasteiger charge is 2.64. The van der Waals surface area contributed by atoms with Crippen molar-refractivity contribution in [2.45, 2.75) is 48.3 Å². The van der Waals surface area contributed by atoms with Gasteiger partial charge in [-0.05, 0) is 18.6 Å². The number of ether oxygens (including phenoxy) is 2. The van der Waals surface area contributed by atoms with Crippen LogP contribution in [-0.4, -0.2) is 42.3 Å². The third-order valence-corrected chi connectivity index (χ3v) is 6.51. The minimum absolute atomic E-state index is 0.346. The zero-order valence-corrected chi connectivity index (χ0v) is 18.5. The van der Waals surface area contributed by atoms with Gasteiger partial charge in [0.2, 0.25) is 0 Å². The van der Waals surface area contributed by atoms with Crippen molar-refractivity contribution in [3.63, 3.8) is 0 Å². The average molecular weight is 457 g/mol. The van der Waals surface area contributed by atoms with E-state index in [-0.39, 0.29) is 17.4 Å². The van der Waals surface area contributed by atoms with Gasteiger partial charge in [0.25, 0.3) is 5.60 Å². The summed E-state index contributed by atoms with van der Waals surface area (Å²) in [7, 11) is 0.836. The third-order valence-electron chi connectivity index (χ3n) is 5.06. The third kappa shape index (κ3) is 5.61. The summed E-state index contributed by atoms with van der Waals surface area (Å²) in [6.07, 6.45) is -5.51. The van der Waals surface area contributed by atoms with Gasteiger partial charge in [-0.15, -0.1) is 11.8 Å². The van der Waals surface area contributed by atoms with Gasteiger partial charge in [-0.3, -0.25) is 0 Å². The van der Waals surface area contributed by atoms with Crippen LogP contribution in [-0.2, 0) is 19.9 Å². The van der Waals surface area contributed by atoms with Crippen molar-refractivity contribution in [2.75, 3.05) is 13.7 Å². The van der Waals surface area contributed by atoms with E-state index in [0.717, 1.165) is 12.0 Å². The lowest BCUT2D eigenvalue weighted by atomic mass is 9.92. The van der Waals surface area contributed by atoms with Crippen molar-refractivity contribution in [1.82, 2.24) is 0 Å². The summed E-state index contributed by atoms with van der Waals surface area (Å²) in [4.78, 5) is 14.0. The van der Waals surface area contributed by atoms with Crippen molar-refractivity contribution < 1.29 is 32.5 Å². The normalized spacial score (nSPS) is 16.7. The van der Waals surface area contributed by atoms with E-state index in [0.29, 0.717) is 6.42 Å². The molecule has 0 spiro atoms. The molecule has 0 saturated carbocycles. The minimum Gasteiger partial charge on any atom is -0.458 e. The molecule has 2 aromatic carbocycles. The number of alkyl halides is 3. The largest absolute Gasteiger partial charge is 0.458 e. The first-order valence-corrected chi connectivity index (χ1v) is 10.8. The summed E-state index contributed by atoms with van der Waals surface area (Å²) in [5.74, 6) is -2.13. The molecule has 0 heterocycles. The zero-order chi connectivity index (χ0) is 23.1. The van der Waals surface area contributed by atoms with Crippen molar-refractivity contribution in [1.29, 1.82) is 0 Å². The van der Waals surface area contributed by atoms with E-state index in [9.17, 15) is 23.1 Å². The molecule has 0 aliphatic heterocycles. The molecule has 2 rings (SSSR count). The number of benzene rings is 2. The number of esters is 1. The van der Waals surface area contributed by atoms with Crippen LogP contribution in [0.25, 0.3) is 0 Å². The predicted octanol–water partition coefficient (Wildman–Crippen LogP) is 5.20. The minimum atomic E-state index is -5.05. The van der Waals surface area contributed by atoms with E-state index >= 15 is 0 Å². The van der Waals surface area contributed by atoms with Crippen LogP contribution in [0.3, 0.4) is 0 Å². The SMILES string of the molecule is CC[C@@H](Sc1ccccc1)[C@@H](OC(=O)C(OC)(c1ccccc1)C(F)(F)F)[C@@H](C)CO. The molecule has 8 heteroatoms. The van der Waals surface area contributed by atoms with E-state index in [1.807, 2.05) is 37.3 Å². The smallest absolute Gasteiger partial charge is 0.432 e. The first kappa shape index (κ1) is 25.2. The molecular formula is C23H27F3O4S. The number of aliphatic hydroxyl groups excluding tert-OH is 1. The van der Waals surface area contributed by atoms with Crippen LogP contribution in [0.1, 0.15) is 25.8 Å². The van der Waals surface area contributed by atoms with E-state index in [4.69, 9.17) is 9.47 Å². The van der Waals surface area contributed by atoms with Gasteiger partial charge in [-0.1, -0.05) is 62.4 Å². The lowest BCUT2D eigenvalue weighted by Crippen LogP contribution is -2.53. The predicted molar refractivity (Wildman–Crippen MR) is 114 cm³/mol. The maximum atomic E-state index is 14.2. The summed E-state index contributed by atoms with van der Waals surface area (Å²) >= 11 is 1.39. The fourth-order valence-electron chi connectivity index (χ4n) is 3.31. The number of carbonyl (C=O) groups is 1. The molecule has 0 radical (unpaired) electrons. The molecule has 1 unspecified atom stereocenters. The molecule has 4 nitrogen and oxygen atoms in total. The molecule has 0 bridgehead atoms. The van der Waals surface area contributed by atoms with Crippen molar-refractivity contribution >= 4 is 17.7 Å². The maximum Gasteiger partial charge on any atom is 0.432 e. The summed E-state index contributed by atoms with van der Waals surface area (Å²) in [6, 6.07) is 16.0. The van der Waals surface area contributed by atoms with E-state index in [1.165, 1.54) is 36.0 Å². The van der Waals surface area contributed by atoms with Crippen molar-refractivity contribution in [3.8, 4) is 0 Å². The second-order valence-corrected chi connectivity index (χ2v) is 8.47. The lowest BCUT2D eigenvalue weighted by molar-refractivity contribution is -0.279. The van der Waals surface area contributed by atoms with E-state index in [2.05, 4.69) is 0 Å². The second-order valence-electron chi connectivity index (χ2n) is 7.16. The number of hydrogen-bond donors (Lipinski definition) is 1. The molecule has 0 aromatic heterocycles. The Kier molecular flexibility index (Phi) is 8.97. The molecule has 0 aliphatic carbocycles. The first-order valence-electron chi connectivity index (χ1n) is 9.92. The Bertz CT molecular complexity index is 817. The molecule has 0 aliphatic rings. The van der Waals surface area contributed by atoms with Crippen LogP contribution in [0.15, 0.2) is 65.6 Å². The Morgan fingerprint density at radius 2 is 1.61 bits per heavy atom. The fraction of sp³-hybridized carbons (Fsp3) is 0.435. The van der Waals surface area contributed by atoms with Crippen LogP contribution in [0.5, 0.6) is 0 Å². The standard InChI is InChI=1S/C23H27F3O4S/c1-4-19(31-18-13-9-6-10-14-18)20(16(2)15-27)30-21(28)22(29-3,23(24,25)26)17-11-7-5-8-12-17/h5-14,16,19-20,27H,4,15H2,1-3H3/t16-,19+,20-,22?/m0/s1. The molecule has 2 aromatic rings. The van der Waals surface area contributed by atoms with Gasteiger partial charge in [0.15, 0.2) is 0 Å². The molecule has 1 N–H and O–H groups in total. The summed E-state index contributed by atoms with van der Waals surface area (Å²) in [5, 5.41) is 9.34. The van der Waals surface area contributed by atoms with Gasteiger partial charge in [0, 0.05) is 35.3 Å². The number of rotatable bonds is 10. The van der Waals surface area contributed by atoms with Gasteiger partial charge >= 0.3 is 12.1 Å². The van der Waals surface area contributed by atoms with Gasteiger partial charge < -0.3 is 14.6 Å². The lowest BCUT2D eigenvalue weighted by Gasteiger charge is -2.36.